The van der Waals surface area contributed by atoms with E-state index in [4.69, 9.17) is 4.74 Å². The van der Waals surface area contributed by atoms with Gasteiger partial charge in [0.15, 0.2) is 11.6 Å². The molecule has 39 heavy (non-hydrogen) atoms. The molecule has 0 unspecified atom stereocenters. The minimum atomic E-state index is -1.54. The number of nitrogens with one attached hydrogen (secondary N) is 1. The molecule has 0 spiro atoms. The Bertz CT molecular complexity index is 1390. The van der Waals surface area contributed by atoms with E-state index >= 15 is 0 Å². The summed E-state index contributed by atoms with van der Waals surface area (Å²) in [6.45, 7) is 7.13. The van der Waals surface area contributed by atoms with Crippen molar-refractivity contribution in [2.45, 2.75) is 26.4 Å². The van der Waals surface area contributed by atoms with Gasteiger partial charge in [-0.2, -0.15) is 0 Å². The SMILES string of the molecule is CCN1CCN(Cc2ccc(C#C[C@]3(CN4Cc5ccc(OC)c(F)c5C4=O)CC(=O)NC3=O)cc2F)CC1. The Morgan fingerprint density at radius 2 is 1.79 bits per heavy atom. The lowest BCUT2D eigenvalue weighted by Gasteiger charge is -2.34. The number of amides is 3. The van der Waals surface area contributed by atoms with E-state index in [1.54, 1.807) is 18.2 Å². The van der Waals surface area contributed by atoms with Gasteiger partial charge in [-0.05, 0) is 30.3 Å². The summed E-state index contributed by atoms with van der Waals surface area (Å²) in [4.78, 5) is 44.0. The van der Waals surface area contributed by atoms with Crippen molar-refractivity contribution in [3.8, 4) is 17.6 Å². The molecule has 2 aromatic rings. The molecule has 1 N–H and O–H groups in total. The average Bonchev–Trinajstić information content (AvgIpc) is 3.39. The maximum atomic E-state index is 15.0. The van der Waals surface area contributed by atoms with Crippen molar-refractivity contribution >= 4 is 17.7 Å². The number of carbonyl (C=O) groups is 3. The molecule has 0 aliphatic carbocycles. The Morgan fingerprint density at radius 3 is 2.44 bits per heavy atom. The number of halogens is 2. The molecule has 0 aromatic heterocycles. The van der Waals surface area contributed by atoms with Crippen LogP contribution < -0.4 is 10.1 Å². The van der Waals surface area contributed by atoms with E-state index in [2.05, 4.69) is 33.9 Å². The topological polar surface area (TPSA) is 82.2 Å². The number of imide groups is 1. The predicted molar refractivity (Wildman–Crippen MR) is 139 cm³/mol. The molecule has 2 fully saturated rings. The molecule has 1 atom stereocenters. The Morgan fingerprint density at radius 1 is 1.05 bits per heavy atom. The van der Waals surface area contributed by atoms with Crippen molar-refractivity contribution in [3.05, 3.63) is 64.2 Å². The molecule has 3 aliphatic heterocycles. The maximum absolute atomic E-state index is 15.0. The van der Waals surface area contributed by atoms with E-state index in [0.717, 1.165) is 32.7 Å². The molecule has 10 heteroatoms. The number of nitrogens with zero attached hydrogens (tertiary/aromatic N) is 3. The normalized spacial score (nSPS) is 21.5. The highest BCUT2D eigenvalue weighted by atomic mass is 19.1. The van der Waals surface area contributed by atoms with Crippen molar-refractivity contribution in [1.82, 2.24) is 20.0 Å². The Balaban J connectivity index is 1.35. The molecule has 0 radical (unpaired) electrons. The Labute approximate surface area is 225 Å². The monoisotopic (exact) mass is 536 g/mol. The zero-order chi connectivity index (χ0) is 27.7. The number of benzene rings is 2. The average molecular weight is 537 g/mol. The van der Waals surface area contributed by atoms with Crippen LogP contribution in [0.2, 0.25) is 0 Å². The lowest BCUT2D eigenvalue weighted by Crippen LogP contribution is -2.45. The zero-order valence-corrected chi connectivity index (χ0v) is 22.0. The highest BCUT2D eigenvalue weighted by Gasteiger charge is 2.49. The molecule has 0 bridgehead atoms. The number of hydrogen-bond donors (Lipinski definition) is 1. The number of hydrogen-bond acceptors (Lipinski definition) is 6. The molecule has 204 valence electrons. The molecule has 5 rings (SSSR count). The molecule has 2 aromatic carbocycles. The van der Waals surface area contributed by atoms with Crippen molar-refractivity contribution in [1.29, 1.82) is 0 Å². The van der Waals surface area contributed by atoms with Gasteiger partial charge in [0.25, 0.3) is 5.91 Å². The van der Waals surface area contributed by atoms with Gasteiger partial charge in [-0.3, -0.25) is 24.6 Å². The van der Waals surface area contributed by atoms with E-state index < -0.39 is 34.8 Å². The van der Waals surface area contributed by atoms with Gasteiger partial charge in [-0.25, -0.2) is 8.78 Å². The van der Waals surface area contributed by atoms with Crippen LogP contribution in [0.15, 0.2) is 30.3 Å². The fourth-order valence-electron chi connectivity index (χ4n) is 5.37. The van der Waals surface area contributed by atoms with Crippen LogP contribution in [0.3, 0.4) is 0 Å². The molecule has 3 amide bonds. The smallest absolute Gasteiger partial charge is 0.257 e. The van der Waals surface area contributed by atoms with Crippen LogP contribution in [0, 0.1) is 28.9 Å². The van der Waals surface area contributed by atoms with Crippen molar-refractivity contribution in [2.24, 2.45) is 5.41 Å². The third-order valence-electron chi connectivity index (χ3n) is 7.69. The van der Waals surface area contributed by atoms with E-state index in [-0.39, 0.29) is 30.8 Å². The summed E-state index contributed by atoms with van der Waals surface area (Å²) in [6, 6.07) is 7.74. The highest BCUT2D eigenvalue weighted by Crippen LogP contribution is 2.35. The first-order valence-electron chi connectivity index (χ1n) is 13.0. The predicted octanol–water partition coefficient (Wildman–Crippen LogP) is 2.15. The van der Waals surface area contributed by atoms with Gasteiger partial charge in [0.1, 0.15) is 11.2 Å². The summed E-state index contributed by atoms with van der Waals surface area (Å²) >= 11 is 0. The third-order valence-corrected chi connectivity index (χ3v) is 7.69. The summed E-state index contributed by atoms with van der Waals surface area (Å²) in [6.07, 6.45) is -0.255. The van der Waals surface area contributed by atoms with Crippen molar-refractivity contribution in [3.63, 3.8) is 0 Å². The van der Waals surface area contributed by atoms with Crippen LogP contribution in [0.5, 0.6) is 5.75 Å². The molecule has 8 nitrogen and oxygen atoms in total. The second-order valence-electron chi connectivity index (χ2n) is 10.2. The molecule has 2 saturated heterocycles. The Hall–Kier alpha value is -3.81. The quantitative estimate of drug-likeness (QED) is 0.450. The summed E-state index contributed by atoms with van der Waals surface area (Å²) in [5.74, 6) is 2.74. The first-order chi connectivity index (χ1) is 18.7. The van der Waals surface area contributed by atoms with Gasteiger partial charge in [-0.1, -0.05) is 30.9 Å². The van der Waals surface area contributed by atoms with Crippen LogP contribution in [-0.2, 0) is 22.7 Å². The second kappa shape index (κ2) is 10.8. The minimum Gasteiger partial charge on any atom is -0.494 e. The van der Waals surface area contributed by atoms with Crippen LogP contribution in [0.4, 0.5) is 8.78 Å². The van der Waals surface area contributed by atoms with Gasteiger partial charge in [0, 0.05) is 56.9 Å². The summed E-state index contributed by atoms with van der Waals surface area (Å²) in [7, 11) is 1.31. The number of carbonyl (C=O) groups excluding carboxylic acids is 3. The molecule has 3 heterocycles. The maximum Gasteiger partial charge on any atom is 0.257 e. The van der Waals surface area contributed by atoms with Crippen LogP contribution in [-0.4, -0.2) is 78.8 Å². The second-order valence-corrected chi connectivity index (χ2v) is 10.2. The number of fused-ring (bicyclic) bond motifs is 1. The van der Waals surface area contributed by atoms with Crippen molar-refractivity contribution in [2.75, 3.05) is 46.4 Å². The van der Waals surface area contributed by atoms with Crippen LogP contribution in [0.25, 0.3) is 0 Å². The van der Waals surface area contributed by atoms with E-state index in [9.17, 15) is 23.2 Å². The first kappa shape index (κ1) is 26.8. The van der Waals surface area contributed by atoms with E-state index in [1.807, 2.05) is 0 Å². The molecule has 0 saturated carbocycles. The minimum absolute atomic E-state index is 0.0547. The highest BCUT2D eigenvalue weighted by molar-refractivity contribution is 6.08. The van der Waals surface area contributed by atoms with Gasteiger partial charge < -0.3 is 14.5 Å². The van der Waals surface area contributed by atoms with E-state index in [0.29, 0.717) is 23.2 Å². The fraction of sp³-hybridized carbons (Fsp3) is 0.414. The summed E-state index contributed by atoms with van der Waals surface area (Å²) in [5.41, 5.74) is -0.281. The molecular weight excluding hydrogens is 506 g/mol. The Kier molecular flexibility index (Phi) is 7.38. The number of piperazine rings is 1. The molecule has 3 aliphatic rings. The van der Waals surface area contributed by atoms with E-state index in [1.165, 1.54) is 24.1 Å². The number of likely N-dealkylation sites (N-methyl/N-ethyl adjacent to an activating group) is 1. The number of rotatable bonds is 6. The van der Waals surface area contributed by atoms with Crippen LogP contribution in [0.1, 0.15) is 40.4 Å². The number of methoxy groups -OCH3 is 1. The van der Waals surface area contributed by atoms with Crippen LogP contribution >= 0.6 is 0 Å². The zero-order valence-electron chi connectivity index (χ0n) is 22.0. The lowest BCUT2D eigenvalue weighted by molar-refractivity contribution is -0.127. The largest absolute Gasteiger partial charge is 0.494 e. The lowest BCUT2D eigenvalue weighted by atomic mass is 9.85. The van der Waals surface area contributed by atoms with Gasteiger partial charge in [0.2, 0.25) is 11.8 Å². The fourth-order valence-corrected chi connectivity index (χ4v) is 5.37. The van der Waals surface area contributed by atoms with Gasteiger partial charge in [0.05, 0.1) is 19.1 Å². The standard InChI is InChI=1S/C29H30F2N4O4/c1-3-33-10-12-34(13-11-33)16-20-5-4-19(14-22(20)30)8-9-29(15-24(36)32-28(29)38)18-35-17-21-6-7-23(39-2)26(31)25(21)27(35)37/h4-7,14H,3,10-13,15-18H2,1-2H3,(H,32,36,38)/t29-/m1/s1. The first-order valence-corrected chi connectivity index (χ1v) is 13.0. The summed E-state index contributed by atoms with van der Waals surface area (Å²) in [5, 5.41) is 2.26. The van der Waals surface area contributed by atoms with Gasteiger partial charge in [-0.15, -0.1) is 0 Å². The van der Waals surface area contributed by atoms with Crippen molar-refractivity contribution < 1.29 is 27.9 Å². The number of ether oxygens (including phenoxy) is 1. The van der Waals surface area contributed by atoms with Gasteiger partial charge >= 0.3 is 0 Å². The third kappa shape index (κ3) is 5.24. The molecular formula is C29H30F2N4O4. The summed E-state index contributed by atoms with van der Waals surface area (Å²) < 4.78 is 34.8.